The molecule has 0 saturated carbocycles. The normalized spacial score (nSPS) is 10.3. The average Bonchev–Trinajstić information content (AvgIpc) is 2.70. The first kappa shape index (κ1) is 19.8. The Balaban J connectivity index is 1.85. The Morgan fingerprint density at radius 2 is 1.74 bits per heavy atom. The number of amides is 1. The van der Waals surface area contributed by atoms with Crippen LogP contribution < -0.4 is 19.5 Å². The molecule has 142 valence electrons. The second-order valence-corrected chi connectivity index (χ2v) is 5.34. The molecule has 0 aliphatic heterocycles. The molecule has 0 bridgehead atoms. The van der Waals surface area contributed by atoms with E-state index in [1.807, 2.05) is 6.07 Å². The van der Waals surface area contributed by atoms with E-state index in [2.05, 4.69) is 5.32 Å². The Morgan fingerprint density at radius 1 is 0.963 bits per heavy atom. The number of nitrogens with one attached hydrogen (secondary N) is 1. The van der Waals surface area contributed by atoms with E-state index in [0.29, 0.717) is 22.9 Å². The van der Waals surface area contributed by atoms with Crippen molar-refractivity contribution in [1.29, 1.82) is 0 Å². The van der Waals surface area contributed by atoms with E-state index in [0.717, 1.165) is 5.56 Å². The fourth-order valence-corrected chi connectivity index (χ4v) is 2.21. The van der Waals surface area contributed by atoms with Crippen LogP contribution >= 0.6 is 0 Å². The summed E-state index contributed by atoms with van der Waals surface area (Å²) < 4.78 is 20.3. The van der Waals surface area contributed by atoms with E-state index in [4.69, 9.17) is 18.9 Å². The molecule has 0 saturated heterocycles. The lowest BCUT2D eigenvalue weighted by Crippen LogP contribution is -2.20. The third-order valence-corrected chi connectivity index (χ3v) is 3.52. The van der Waals surface area contributed by atoms with Crippen molar-refractivity contribution in [2.75, 3.05) is 33.3 Å². The summed E-state index contributed by atoms with van der Waals surface area (Å²) in [5.41, 5.74) is 1.28. The van der Waals surface area contributed by atoms with E-state index in [-0.39, 0.29) is 0 Å². The molecule has 0 spiro atoms. The van der Waals surface area contributed by atoms with Crippen LogP contribution in [0.5, 0.6) is 17.2 Å². The number of hydrogen-bond acceptors (Lipinski definition) is 6. The zero-order valence-electron chi connectivity index (χ0n) is 15.4. The number of carbonyl (C=O) groups excluding carboxylic acids is 2. The Morgan fingerprint density at radius 3 is 2.44 bits per heavy atom. The van der Waals surface area contributed by atoms with Gasteiger partial charge in [0.1, 0.15) is 5.75 Å². The van der Waals surface area contributed by atoms with Gasteiger partial charge in [-0.25, -0.2) is 4.79 Å². The topological polar surface area (TPSA) is 83.1 Å². The molecule has 0 heterocycles. The second kappa shape index (κ2) is 9.86. The van der Waals surface area contributed by atoms with Crippen molar-refractivity contribution < 1.29 is 28.5 Å². The van der Waals surface area contributed by atoms with Crippen LogP contribution in [0, 0.1) is 0 Å². The summed E-state index contributed by atoms with van der Waals surface area (Å²) >= 11 is 0. The number of anilines is 1. The average molecular weight is 371 g/mol. The van der Waals surface area contributed by atoms with Gasteiger partial charge in [-0.1, -0.05) is 12.1 Å². The van der Waals surface area contributed by atoms with Gasteiger partial charge in [0.05, 0.1) is 21.3 Å². The van der Waals surface area contributed by atoms with Gasteiger partial charge in [0.2, 0.25) is 0 Å². The number of benzene rings is 2. The molecule has 7 heteroatoms. The first-order valence-electron chi connectivity index (χ1n) is 8.06. The van der Waals surface area contributed by atoms with Gasteiger partial charge in [0.15, 0.2) is 18.1 Å². The fraction of sp³-hybridized carbons (Fsp3) is 0.200. The monoisotopic (exact) mass is 371 g/mol. The zero-order valence-corrected chi connectivity index (χ0v) is 15.4. The minimum atomic E-state index is -0.625. The number of esters is 1. The predicted molar refractivity (Wildman–Crippen MR) is 101 cm³/mol. The van der Waals surface area contributed by atoms with Crippen molar-refractivity contribution >= 4 is 23.6 Å². The zero-order chi connectivity index (χ0) is 19.6. The van der Waals surface area contributed by atoms with Gasteiger partial charge in [0.25, 0.3) is 5.91 Å². The van der Waals surface area contributed by atoms with Crippen molar-refractivity contribution in [3.63, 3.8) is 0 Å². The van der Waals surface area contributed by atoms with Gasteiger partial charge < -0.3 is 24.3 Å². The Kier molecular flexibility index (Phi) is 7.25. The van der Waals surface area contributed by atoms with Gasteiger partial charge in [-0.15, -0.1) is 0 Å². The maximum Gasteiger partial charge on any atom is 0.331 e. The standard InChI is InChI=1S/C20H21NO6/c1-24-16-6-4-5-14(11-16)7-10-20(23)27-13-19(22)21-15-8-9-17(25-2)18(12-15)26-3/h4-12H,13H2,1-3H3,(H,21,22). The number of hydrogen-bond donors (Lipinski definition) is 1. The van der Waals surface area contributed by atoms with Gasteiger partial charge in [-0.3, -0.25) is 4.79 Å². The van der Waals surface area contributed by atoms with E-state index in [9.17, 15) is 9.59 Å². The first-order chi connectivity index (χ1) is 13.0. The quantitative estimate of drug-likeness (QED) is 0.567. The minimum absolute atomic E-state index is 0.407. The Bertz CT molecular complexity index is 831. The maximum absolute atomic E-state index is 11.9. The minimum Gasteiger partial charge on any atom is -0.497 e. The molecule has 2 rings (SSSR count). The van der Waals surface area contributed by atoms with Crippen LogP contribution in [-0.4, -0.2) is 39.8 Å². The summed E-state index contributed by atoms with van der Waals surface area (Å²) in [6.07, 6.45) is 2.83. The highest BCUT2D eigenvalue weighted by Crippen LogP contribution is 2.29. The molecule has 0 atom stereocenters. The number of methoxy groups -OCH3 is 3. The molecule has 0 fully saturated rings. The molecular formula is C20H21NO6. The molecule has 0 radical (unpaired) electrons. The van der Waals surface area contributed by atoms with Gasteiger partial charge >= 0.3 is 5.97 Å². The SMILES string of the molecule is COc1cccc(C=CC(=O)OCC(=O)Nc2ccc(OC)c(OC)c2)c1. The molecule has 7 nitrogen and oxygen atoms in total. The smallest absolute Gasteiger partial charge is 0.331 e. The van der Waals surface area contributed by atoms with E-state index in [1.54, 1.807) is 49.6 Å². The number of rotatable bonds is 8. The van der Waals surface area contributed by atoms with Gasteiger partial charge in [0, 0.05) is 17.8 Å². The Hall–Kier alpha value is -3.48. The van der Waals surface area contributed by atoms with Crippen molar-refractivity contribution in [3.8, 4) is 17.2 Å². The van der Waals surface area contributed by atoms with Crippen LogP contribution in [0.3, 0.4) is 0 Å². The molecule has 27 heavy (non-hydrogen) atoms. The van der Waals surface area contributed by atoms with Crippen molar-refractivity contribution in [3.05, 3.63) is 54.1 Å². The summed E-state index contributed by atoms with van der Waals surface area (Å²) in [4.78, 5) is 23.7. The largest absolute Gasteiger partial charge is 0.497 e. The molecule has 0 aliphatic carbocycles. The van der Waals surface area contributed by atoms with Crippen LogP contribution in [0.1, 0.15) is 5.56 Å². The van der Waals surface area contributed by atoms with Crippen molar-refractivity contribution in [2.24, 2.45) is 0 Å². The van der Waals surface area contributed by atoms with Crippen LogP contribution in [0.15, 0.2) is 48.5 Å². The van der Waals surface area contributed by atoms with Crippen LogP contribution in [0.25, 0.3) is 6.08 Å². The fourth-order valence-electron chi connectivity index (χ4n) is 2.21. The highest BCUT2D eigenvalue weighted by atomic mass is 16.5. The summed E-state index contributed by atoms with van der Waals surface area (Å²) in [5.74, 6) is 0.614. The summed E-state index contributed by atoms with van der Waals surface area (Å²) in [6, 6.07) is 12.1. The molecule has 1 N–H and O–H groups in total. The summed E-state index contributed by atoms with van der Waals surface area (Å²) in [6.45, 7) is -0.407. The predicted octanol–water partition coefficient (Wildman–Crippen LogP) is 2.91. The molecule has 0 aliphatic rings. The molecular weight excluding hydrogens is 350 g/mol. The highest BCUT2D eigenvalue weighted by Gasteiger charge is 2.09. The van der Waals surface area contributed by atoms with Gasteiger partial charge in [-0.2, -0.15) is 0 Å². The van der Waals surface area contributed by atoms with E-state index in [1.165, 1.54) is 20.3 Å². The molecule has 0 unspecified atom stereocenters. The lowest BCUT2D eigenvalue weighted by Gasteiger charge is -2.10. The molecule has 0 aromatic heterocycles. The van der Waals surface area contributed by atoms with E-state index < -0.39 is 18.5 Å². The van der Waals surface area contributed by atoms with Gasteiger partial charge in [-0.05, 0) is 35.9 Å². The van der Waals surface area contributed by atoms with Crippen LogP contribution in [0.2, 0.25) is 0 Å². The second-order valence-electron chi connectivity index (χ2n) is 5.34. The highest BCUT2D eigenvalue weighted by molar-refractivity contribution is 5.94. The first-order valence-corrected chi connectivity index (χ1v) is 8.06. The van der Waals surface area contributed by atoms with E-state index >= 15 is 0 Å². The summed E-state index contributed by atoms with van der Waals surface area (Å²) in [5, 5.41) is 2.62. The van der Waals surface area contributed by atoms with Crippen molar-refractivity contribution in [1.82, 2.24) is 0 Å². The lowest BCUT2D eigenvalue weighted by molar-refractivity contribution is -0.142. The number of ether oxygens (including phenoxy) is 4. The third kappa shape index (κ3) is 6.07. The maximum atomic E-state index is 11.9. The third-order valence-electron chi connectivity index (χ3n) is 3.52. The summed E-state index contributed by atoms with van der Waals surface area (Å²) in [7, 11) is 4.59. The Labute approximate surface area is 157 Å². The lowest BCUT2D eigenvalue weighted by atomic mass is 10.2. The molecule has 2 aromatic rings. The molecule has 1 amide bonds. The molecule has 2 aromatic carbocycles. The van der Waals surface area contributed by atoms with Crippen LogP contribution in [0.4, 0.5) is 5.69 Å². The van der Waals surface area contributed by atoms with Crippen molar-refractivity contribution in [2.45, 2.75) is 0 Å². The van der Waals surface area contributed by atoms with Crippen LogP contribution in [-0.2, 0) is 14.3 Å². The number of carbonyl (C=O) groups is 2.